The maximum atomic E-state index is 12.8. The molecule has 0 radical (unpaired) electrons. The summed E-state index contributed by atoms with van der Waals surface area (Å²) in [6.07, 6.45) is 0. The van der Waals surface area contributed by atoms with Crippen molar-refractivity contribution in [1.29, 1.82) is 0 Å². The third kappa shape index (κ3) is 4.89. The molecule has 1 aliphatic heterocycles. The van der Waals surface area contributed by atoms with Crippen molar-refractivity contribution in [1.82, 2.24) is 10.0 Å². The van der Waals surface area contributed by atoms with Crippen LogP contribution in [0.25, 0.3) is 0 Å². The fourth-order valence-corrected chi connectivity index (χ4v) is 4.21. The summed E-state index contributed by atoms with van der Waals surface area (Å²) >= 11 is 0. The fraction of sp³-hybridized carbons (Fsp3) is 0.381. The third-order valence-electron chi connectivity index (χ3n) is 4.64. The first-order valence-electron chi connectivity index (χ1n) is 9.62. The Balaban J connectivity index is 1.78. The SMILES string of the molecule is CCNS(=O)(=O)c1ccc(C(=O)N[C@H](c2ccc3c(c2)OCCO3)C(C)C)cc1. The lowest BCUT2D eigenvalue weighted by Crippen LogP contribution is -2.32. The minimum Gasteiger partial charge on any atom is -0.486 e. The minimum atomic E-state index is -3.55. The van der Waals surface area contributed by atoms with E-state index in [1.54, 1.807) is 6.92 Å². The van der Waals surface area contributed by atoms with Gasteiger partial charge in [-0.05, 0) is 47.9 Å². The summed E-state index contributed by atoms with van der Waals surface area (Å²) in [6.45, 7) is 7.08. The molecule has 2 aromatic carbocycles. The number of hydrogen-bond donors (Lipinski definition) is 2. The molecule has 2 N–H and O–H groups in total. The molecule has 156 valence electrons. The van der Waals surface area contributed by atoms with Crippen molar-refractivity contribution >= 4 is 15.9 Å². The molecular weight excluding hydrogens is 392 g/mol. The Hall–Kier alpha value is -2.58. The van der Waals surface area contributed by atoms with Crippen LogP contribution in [0.2, 0.25) is 0 Å². The van der Waals surface area contributed by atoms with E-state index < -0.39 is 10.0 Å². The van der Waals surface area contributed by atoms with Crippen LogP contribution in [0.5, 0.6) is 11.5 Å². The van der Waals surface area contributed by atoms with Gasteiger partial charge in [0.15, 0.2) is 11.5 Å². The number of sulfonamides is 1. The fourth-order valence-electron chi connectivity index (χ4n) is 3.17. The zero-order chi connectivity index (χ0) is 21.0. The summed E-state index contributed by atoms with van der Waals surface area (Å²) in [5.74, 6) is 1.24. The Bertz CT molecular complexity index is 971. The average molecular weight is 419 g/mol. The second-order valence-corrected chi connectivity index (χ2v) is 8.89. The minimum absolute atomic E-state index is 0.128. The summed E-state index contributed by atoms with van der Waals surface area (Å²) in [5.41, 5.74) is 1.31. The van der Waals surface area contributed by atoms with Crippen molar-refractivity contribution < 1.29 is 22.7 Å². The quantitative estimate of drug-likeness (QED) is 0.721. The van der Waals surface area contributed by atoms with E-state index in [9.17, 15) is 13.2 Å². The molecule has 1 heterocycles. The van der Waals surface area contributed by atoms with E-state index in [1.807, 2.05) is 32.0 Å². The standard InChI is InChI=1S/C21H26N2O5S/c1-4-22-29(25,26)17-8-5-15(6-9-17)21(24)23-20(14(2)3)16-7-10-18-19(13-16)28-12-11-27-18/h5-10,13-14,20,22H,4,11-12H2,1-3H3,(H,23,24)/t20-/m0/s1. The molecule has 0 saturated carbocycles. The Morgan fingerprint density at radius 1 is 1.03 bits per heavy atom. The molecule has 0 fully saturated rings. The molecule has 7 nitrogen and oxygen atoms in total. The zero-order valence-electron chi connectivity index (χ0n) is 16.8. The molecule has 0 saturated heterocycles. The van der Waals surface area contributed by atoms with Crippen LogP contribution in [0.15, 0.2) is 47.4 Å². The molecular formula is C21H26N2O5S. The van der Waals surface area contributed by atoms with Crippen LogP contribution in [0.4, 0.5) is 0 Å². The first-order chi connectivity index (χ1) is 13.8. The van der Waals surface area contributed by atoms with Crippen molar-refractivity contribution in [2.24, 2.45) is 5.92 Å². The normalized spacial score (nSPS) is 14.5. The lowest BCUT2D eigenvalue weighted by molar-refractivity contribution is 0.0925. The highest BCUT2D eigenvalue weighted by Crippen LogP contribution is 2.34. The molecule has 1 amide bonds. The van der Waals surface area contributed by atoms with E-state index in [0.29, 0.717) is 36.8 Å². The largest absolute Gasteiger partial charge is 0.486 e. The molecule has 0 bridgehead atoms. The van der Waals surface area contributed by atoms with Gasteiger partial charge in [-0.3, -0.25) is 4.79 Å². The topological polar surface area (TPSA) is 93.7 Å². The third-order valence-corrected chi connectivity index (χ3v) is 6.20. The van der Waals surface area contributed by atoms with E-state index in [2.05, 4.69) is 10.0 Å². The maximum Gasteiger partial charge on any atom is 0.251 e. The highest BCUT2D eigenvalue weighted by Gasteiger charge is 2.22. The molecule has 0 unspecified atom stereocenters. The first kappa shape index (κ1) is 21.1. The van der Waals surface area contributed by atoms with E-state index in [0.717, 1.165) is 5.56 Å². The number of nitrogens with one attached hydrogen (secondary N) is 2. The summed E-state index contributed by atoms with van der Waals surface area (Å²) < 4.78 is 37.7. The van der Waals surface area contributed by atoms with Crippen molar-refractivity contribution in [3.63, 3.8) is 0 Å². The van der Waals surface area contributed by atoms with Gasteiger partial charge in [-0.1, -0.05) is 26.8 Å². The van der Waals surface area contributed by atoms with Crippen LogP contribution in [0, 0.1) is 5.92 Å². The van der Waals surface area contributed by atoms with Crippen LogP contribution < -0.4 is 19.5 Å². The number of hydrogen-bond acceptors (Lipinski definition) is 5. The molecule has 2 aromatic rings. The van der Waals surface area contributed by atoms with E-state index in [-0.39, 0.29) is 22.8 Å². The van der Waals surface area contributed by atoms with Gasteiger partial charge < -0.3 is 14.8 Å². The molecule has 3 rings (SSSR count). The van der Waals surface area contributed by atoms with Crippen molar-refractivity contribution in [3.8, 4) is 11.5 Å². The predicted octanol–water partition coefficient (Wildman–Crippen LogP) is 2.88. The van der Waals surface area contributed by atoms with Crippen LogP contribution >= 0.6 is 0 Å². The number of ether oxygens (including phenoxy) is 2. The maximum absolute atomic E-state index is 12.8. The Labute approximate surface area is 171 Å². The van der Waals surface area contributed by atoms with Crippen molar-refractivity contribution in [2.75, 3.05) is 19.8 Å². The molecule has 0 aromatic heterocycles. The van der Waals surface area contributed by atoms with Crippen LogP contribution in [0.3, 0.4) is 0 Å². The van der Waals surface area contributed by atoms with Crippen LogP contribution in [-0.4, -0.2) is 34.1 Å². The first-order valence-corrected chi connectivity index (χ1v) is 11.1. The van der Waals surface area contributed by atoms with Gasteiger partial charge in [0.1, 0.15) is 13.2 Å². The predicted molar refractivity (Wildman–Crippen MR) is 110 cm³/mol. The summed E-state index contributed by atoms with van der Waals surface area (Å²) in [5, 5.41) is 3.04. The summed E-state index contributed by atoms with van der Waals surface area (Å²) in [6, 6.07) is 11.3. The Morgan fingerprint density at radius 2 is 1.69 bits per heavy atom. The summed E-state index contributed by atoms with van der Waals surface area (Å²) in [4.78, 5) is 12.9. The smallest absolute Gasteiger partial charge is 0.251 e. The van der Waals surface area contributed by atoms with Crippen LogP contribution in [-0.2, 0) is 10.0 Å². The average Bonchev–Trinajstić information content (AvgIpc) is 2.71. The van der Waals surface area contributed by atoms with Gasteiger partial charge in [-0.2, -0.15) is 0 Å². The van der Waals surface area contributed by atoms with E-state index in [1.165, 1.54) is 24.3 Å². The molecule has 29 heavy (non-hydrogen) atoms. The van der Waals surface area contributed by atoms with Crippen molar-refractivity contribution in [3.05, 3.63) is 53.6 Å². The van der Waals surface area contributed by atoms with Crippen molar-refractivity contribution in [2.45, 2.75) is 31.7 Å². The summed E-state index contributed by atoms with van der Waals surface area (Å²) in [7, 11) is -3.55. The molecule has 1 atom stereocenters. The highest BCUT2D eigenvalue weighted by molar-refractivity contribution is 7.89. The van der Waals surface area contributed by atoms with Gasteiger partial charge >= 0.3 is 0 Å². The van der Waals surface area contributed by atoms with E-state index >= 15 is 0 Å². The molecule has 1 aliphatic rings. The molecule has 0 aliphatic carbocycles. The number of rotatable bonds is 7. The molecule has 0 spiro atoms. The Kier molecular flexibility index (Phi) is 6.44. The van der Waals surface area contributed by atoms with Gasteiger partial charge in [0.05, 0.1) is 10.9 Å². The molecule has 8 heteroatoms. The number of carbonyl (C=O) groups excluding carboxylic acids is 1. The number of carbonyl (C=O) groups is 1. The lowest BCUT2D eigenvalue weighted by Gasteiger charge is -2.25. The van der Waals surface area contributed by atoms with Gasteiger partial charge in [0, 0.05) is 12.1 Å². The van der Waals surface area contributed by atoms with Gasteiger partial charge in [0.25, 0.3) is 5.91 Å². The second-order valence-electron chi connectivity index (χ2n) is 7.12. The Morgan fingerprint density at radius 3 is 2.31 bits per heavy atom. The highest BCUT2D eigenvalue weighted by atomic mass is 32.2. The van der Waals surface area contributed by atoms with Gasteiger partial charge in [-0.25, -0.2) is 13.1 Å². The van der Waals surface area contributed by atoms with Gasteiger partial charge in [-0.15, -0.1) is 0 Å². The number of amides is 1. The van der Waals surface area contributed by atoms with E-state index in [4.69, 9.17) is 9.47 Å². The second kappa shape index (κ2) is 8.84. The zero-order valence-corrected chi connectivity index (χ0v) is 17.6. The monoisotopic (exact) mass is 418 g/mol. The lowest BCUT2D eigenvalue weighted by atomic mass is 9.95. The number of benzene rings is 2. The van der Waals surface area contributed by atoms with Crippen LogP contribution in [0.1, 0.15) is 42.7 Å². The number of fused-ring (bicyclic) bond motifs is 1. The van der Waals surface area contributed by atoms with Gasteiger partial charge in [0.2, 0.25) is 10.0 Å².